The van der Waals surface area contributed by atoms with Gasteiger partial charge in [0.15, 0.2) is 0 Å². The highest BCUT2D eigenvalue weighted by atomic mass is 79.9. The summed E-state index contributed by atoms with van der Waals surface area (Å²) in [6, 6.07) is 8.54. The minimum atomic E-state index is 0.256. The molecule has 1 N–H and O–H groups in total. The first kappa shape index (κ1) is 16.6. The molecule has 1 aromatic carbocycles. The molecule has 0 fully saturated rings. The molecule has 2 aromatic rings. The van der Waals surface area contributed by atoms with Crippen molar-refractivity contribution in [1.29, 1.82) is 0 Å². The summed E-state index contributed by atoms with van der Waals surface area (Å²) in [5.41, 5.74) is 0.958. The fraction of sp³-hybridized carbons (Fsp3) is 0.556. The summed E-state index contributed by atoms with van der Waals surface area (Å²) in [4.78, 5) is 0. The highest BCUT2D eigenvalue weighted by molar-refractivity contribution is 9.10. The van der Waals surface area contributed by atoms with Crippen molar-refractivity contribution in [3.05, 3.63) is 34.5 Å². The van der Waals surface area contributed by atoms with Crippen LogP contribution in [0.15, 0.2) is 33.2 Å². The van der Waals surface area contributed by atoms with Crippen molar-refractivity contribution in [2.75, 3.05) is 6.54 Å². The molecule has 21 heavy (non-hydrogen) atoms. The van der Waals surface area contributed by atoms with Crippen LogP contribution in [0.5, 0.6) is 0 Å². The van der Waals surface area contributed by atoms with Gasteiger partial charge in [-0.1, -0.05) is 49.0 Å². The number of furan rings is 1. The number of rotatable bonds is 8. The maximum Gasteiger partial charge on any atom is 0.134 e. The molecule has 0 bridgehead atoms. The van der Waals surface area contributed by atoms with Crippen LogP contribution < -0.4 is 5.32 Å². The molecule has 0 aliphatic carbocycles. The van der Waals surface area contributed by atoms with Crippen LogP contribution in [0.25, 0.3) is 11.0 Å². The molecule has 0 spiro atoms. The zero-order valence-electron chi connectivity index (χ0n) is 13.3. The number of hydrogen-bond donors (Lipinski definition) is 1. The van der Waals surface area contributed by atoms with Crippen LogP contribution in [-0.4, -0.2) is 6.54 Å². The fourth-order valence-electron chi connectivity index (χ4n) is 2.64. The molecule has 3 heteroatoms. The Bertz CT molecular complexity index is 563. The van der Waals surface area contributed by atoms with E-state index < -0.39 is 0 Å². The average molecular weight is 352 g/mol. The highest BCUT2D eigenvalue weighted by Gasteiger charge is 2.13. The molecule has 1 aromatic heterocycles. The molecular weight excluding hydrogens is 326 g/mol. The second-order valence-electron chi connectivity index (χ2n) is 5.88. The number of unbranched alkanes of at least 4 members (excludes halogenated alkanes) is 1. The number of fused-ring (bicyclic) bond motifs is 1. The van der Waals surface area contributed by atoms with Crippen molar-refractivity contribution in [1.82, 2.24) is 5.32 Å². The maximum absolute atomic E-state index is 5.95. The number of halogens is 1. The van der Waals surface area contributed by atoms with Crippen molar-refractivity contribution in [3.8, 4) is 0 Å². The Kier molecular flexibility index (Phi) is 6.31. The van der Waals surface area contributed by atoms with Crippen LogP contribution in [0.3, 0.4) is 0 Å². The maximum atomic E-state index is 5.95. The highest BCUT2D eigenvalue weighted by Crippen LogP contribution is 2.26. The minimum Gasteiger partial charge on any atom is -0.459 e. The van der Waals surface area contributed by atoms with Gasteiger partial charge >= 0.3 is 0 Å². The lowest BCUT2D eigenvalue weighted by molar-refractivity contribution is 0.375. The molecule has 2 atom stereocenters. The molecule has 2 rings (SSSR count). The summed E-state index contributed by atoms with van der Waals surface area (Å²) >= 11 is 3.50. The van der Waals surface area contributed by atoms with Crippen molar-refractivity contribution < 1.29 is 4.42 Å². The van der Waals surface area contributed by atoms with Gasteiger partial charge in [0.05, 0.1) is 6.04 Å². The monoisotopic (exact) mass is 351 g/mol. The predicted molar refractivity (Wildman–Crippen MR) is 93.6 cm³/mol. The van der Waals surface area contributed by atoms with Crippen molar-refractivity contribution in [2.24, 2.45) is 5.92 Å². The van der Waals surface area contributed by atoms with Gasteiger partial charge in [0, 0.05) is 9.86 Å². The Morgan fingerprint density at radius 1 is 1.24 bits per heavy atom. The van der Waals surface area contributed by atoms with E-state index in [0.29, 0.717) is 0 Å². The van der Waals surface area contributed by atoms with Crippen molar-refractivity contribution >= 4 is 26.9 Å². The zero-order chi connectivity index (χ0) is 15.2. The van der Waals surface area contributed by atoms with Crippen LogP contribution in [0.1, 0.15) is 58.3 Å². The van der Waals surface area contributed by atoms with E-state index in [-0.39, 0.29) is 6.04 Å². The first-order valence-electron chi connectivity index (χ1n) is 8.06. The van der Waals surface area contributed by atoms with Crippen LogP contribution >= 0.6 is 15.9 Å². The third kappa shape index (κ3) is 4.58. The standard InChI is InChI=1S/C18H26BrNO/c1-4-6-7-14(5-2)12-20-13(3)18-11-15-10-16(19)8-9-17(15)21-18/h8-11,13-14,20H,4-7,12H2,1-3H3. The summed E-state index contributed by atoms with van der Waals surface area (Å²) < 4.78 is 7.04. The van der Waals surface area contributed by atoms with Crippen LogP contribution in [0.2, 0.25) is 0 Å². The third-order valence-electron chi connectivity index (χ3n) is 4.18. The van der Waals surface area contributed by atoms with Gasteiger partial charge < -0.3 is 9.73 Å². The number of hydrogen-bond acceptors (Lipinski definition) is 2. The topological polar surface area (TPSA) is 25.2 Å². The molecule has 2 nitrogen and oxygen atoms in total. The molecular formula is C18H26BrNO. The Hall–Kier alpha value is -0.800. The minimum absolute atomic E-state index is 0.256. The molecule has 1 heterocycles. The third-order valence-corrected chi connectivity index (χ3v) is 4.67. The summed E-state index contributed by atoms with van der Waals surface area (Å²) in [6.45, 7) is 7.79. The molecule has 0 saturated heterocycles. The lowest BCUT2D eigenvalue weighted by Crippen LogP contribution is -2.25. The quantitative estimate of drug-likeness (QED) is 0.624. The summed E-state index contributed by atoms with van der Waals surface area (Å²) in [5.74, 6) is 1.79. The summed E-state index contributed by atoms with van der Waals surface area (Å²) in [7, 11) is 0. The van der Waals surface area contributed by atoms with Crippen LogP contribution in [0.4, 0.5) is 0 Å². The normalized spacial score (nSPS) is 14.5. The smallest absolute Gasteiger partial charge is 0.134 e. The van der Waals surface area contributed by atoms with Gasteiger partial charge in [-0.3, -0.25) is 0 Å². The van der Waals surface area contributed by atoms with Gasteiger partial charge in [0.25, 0.3) is 0 Å². The fourth-order valence-corrected chi connectivity index (χ4v) is 3.01. The molecule has 0 saturated carbocycles. The lowest BCUT2D eigenvalue weighted by atomic mass is 9.99. The van der Waals surface area contributed by atoms with Gasteiger partial charge in [-0.15, -0.1) is 0 Å². The molecule has 116 valence electrons. The Morgan fingerprint density at radius 3 is 2.76 bits per heavy atom. The molecule has 0 amide bonds. The molecule has 2 unspecified atom stereocenters. The summed E-state index contributed by atoms with van der Waals surface area (Å²) in [5, 5.41) is 4.79. The van der Waals surface area contributed by atoms with E-state index >= 15 is 0 Å². The van der Waals surface area contributed by atoms with Crippen molar-refractivity contribution in [2.45, 2.75) is 52.5 Å². The van der Waals surface area contributed by atoms with E-state index in [1.54, 1.807) is 0 Å². The predicted octanol–water partition coefficient (Wildman–Crippen LogP) is 6.06. The van der Waals surface area contributed by atoms with Crippen molar-refractivity contribution in [3.63, 3.8) is 0 Å². The lowest BCUT2D eigenvalue weighted by Gasteiger charge is -2.18. The first-order chi connectivity index (χ1) is 10.1. The largest absolute Gasteiger partial charge is 0.459 e. The van der Waals surface area contributed by atoms with Gasteiger partial charge in [0.1, 0.15) is 11.3 Å². The second kappa shape index (κ2) is 8.00. The number of benzene rings is 1. The zero-order valence-corrected chi connectivity index (χ0v) is 14.9. The van der Waals surface area contributed by atoms with E-state index in [4.69, 9.17) is 4.42 Å². The first-order valence-corrected chi connectivity index (χ1v) is 8.85. The van der Waals surface area contributed by atoms with Crippen LogP contribution in [-0.2, 0) is 0 Å². The summed E-state index contributed by atoms with van der Waals surface area (Å²) in [6.07, 6.45) is 5.17. The Labute approximate surface area is 136 Å². The van der Waals surface area contributed by atoms with E-state index in [9.17, 15) is 0 Å². The van der Waals surface area contributed by atoms with E-state index in [1.807, 2.05) is 12.1 Å². The van der Waals surface area contributed by atoms with Gasteiger partial charge in [-0.05, 0) is 50.1 Å². The molecule has 0 radical (unpaired) electrons. The number of nitrogens with one attached hydrogen (secondary N) is 1. The SMILES string of the molecule is CCCCC(CC)CNC(C)c1cc2cc(Br)ccc2o1. The average Bonchev–Trinajstić information content (AvgIpc) is 2.90. The second-order valence-corrected chi connectivity index (χ2v) is 6.79. The van der Waals surface area contributed by atoms with Gasteiger partial charge in [-0.25, -0.2) is 0 Å². The van der Waals surface area contributed by atoms with Gasteiger partial charge in [-0.2, -0.15) is 0 Å². The molecule has 0 aliphatic rings. The van der Waals surface area contributed by atoms with Crippen LogP contribution in [0, 0.1) is 5.92 Å². The van der Waals surface area contributed by atoms with E-state index in [2.05, 4.69) is 54.2 Å². The Balaban J connectivity index is 1.96. The van der Waals surface area contributed by atoms with E-state index in [1.165, 1.54) is 25.7 Å². The van der Waals surface area contributed by atoms with Gasteiger partial charge in [0.2, 0.25) is 0 Å². The van der Waals surface area contributed by atoms with E-state index in [0.717, 1.165) is 33.7 Å². The Morgan fingerprint density at radius 2 is 2.05 bits per heavy atom. The molecule has 0 aliphatic heterocycles.